The van der Waals surface area contributed by atoms with Crippen LogP contribution in [-0.4, -0.2) is 49.5 Å². The summed E-state index contributed by atoms with van der Waals surface area (Å²) in [4.78, 5) is 27.6. The number of benzene rings is 2. The number of hydrogen-bond acceptors (Lipinski definition) is 4. The van der Waals surface area contributed by atoms with Gasteiger partial charge in [0, 0.05) is 25.0 Å². The zero-order chi connectivity index (χ0) is 27.1. The van der Waals surface area contributed by atoms with Crippen LogP contribution in [0.25, 0.3) is 0 Å². The highest BCUT2D eigenvalue weighted by molar-refractivity contribution is 7.92. The van der Waals surface area contributed by atoms with Crippen LogP contribution < -0.4 is 9.62 Å². The second kappa shape index (κ2) is 12.3. The molecule has 0 saturated carbocycles. The lowest BCUT2D eigenvalue weighted by Gasteiger charge is -2.32. The van der Waals surface area contributed by atoms with Gasteiger partial charge in [-0.3, -0.25) is 13.9 Å². The summed E-state index contributed by atoms with van der Waals surface area (Å²) in [5.74, 6) is -0.972. The first-order valence-corrected chi connectivity index (χ1v) is 14.0. The van der Waals surface area contributed by atoms with E-state index >= 15 is 0 Å². The molecule has 1 atom stereocenters. The first-order valence-electron chi connectivity index (χ1n) is 12.1. The van der Waals surface area contributed by atoms with E-state index in [0.29, 0.717) is 11.3 Å². The van der Waals surface area contributed by atoms with E-state index in [9.17, 15) is 22.4 Å². The van der Waals surface area contributed by atoms with Crippen LogP contribution in [0.4, 0.5) is 10.1 Å². The molecule has 198 valence electrons. The third kappa shape index (κ3) is 8.93. The minimum absolute atomic E-state index is 0.0490. The van der Waals surface area contributed by atoms with Crippen molar-refractivity contribution in [2.24, 2.45) is 0 Å². The molecule has 36 heavy (non-hydrogen) atoms. The predicted molar refractivity (Wildman–Crippen MR) is 142 cm³/mol. The summed E-state index contributed by atoms with van der Waals surface area (Å²) in [5.41, 5.74) is 1.86. The van der Waals surface area contributed by atoms with E-state index in [2.05, 4.69) is 5.32 Å². The number of nitrogens with zero attached hydrogens (tertiary/aromatic N) is 2. The zero-order valence-corrected chi connectivity index (χ0v) is 22.9. The van der Waals surface area contributed by atoms with Crippen LogP contribution in [0.15, 0.2) is 48.5 Å². The summed E-state index contributed by atoms with van der Waals surface area (Å²) < 4.78 is 39.6. The Morgan fingerprint density at radius 2 is 1.56 bits per heavy atom. The molecule has 0 fully saturated rings. The number of anilines is 1. The van der Waals surface area contributed by atoms with Gasteiger partial charge in [0.25, 0.3) is 0 Å². The smallest absolute Gasteiger partial charge is 0.242 e. The average Bonchev–Trinajstić information content (AvgIpc) is 2.79. The third-order valence-electron chi connectivity index (χ3n) is 5.72. The highest BCUT2D eigenvalue weighted by atomic mass is 32.2. The number of carbonyl (C=O) groups excluding carboxylic acids is 2. The molecule has 2 amide bonds. The van der Waals surface area contributed by atoms with E-state index < -0.39 is 21.6 Å². The Balaban J connectivity index is 2.17. The van der Waals surface area contributed by atoms with Crippen LogP contribution in [0.2, 0.25) is 0 Å². The maximum absolute atomic E-state index is 13.4. The second-order valence-corrected chi connectivity index (χ2v) is 11.9. The number of amides is 2. The summed E-state index contributed by atoms with van der Waals surface area (Å²) in [7, 11) is -3.55. The van der Waals surface area contributed by atoms with Gasteiger partial charge < -0.3 is 10.2 Å². The molecule has 2 aromatic carbocycles. The Bertz CT molecular complexity index is 1130. The molecule has 9 heteroatoms. The van der Waals surface area contributed by atoms with Crippen molar-refractivity contribution in [1.82, 2.24) is 10.2 Å². The number of aryl methyl sites for hydroxylation is 1. The lowest BCUT2D eigenvalue weighted by Crippen LogP contribution is -2.52. The molecule has 0 heterocycles. The van der Waals surface area contributed by atoms with E-state index in [1.165, 1.54) is 21.3 Å². The van der Waals surface area contributed by atoms with Gasteiger partial charge in [0.2, 0.25) is 21.8 Å². The maximum atomic E-state index is 13.4. The first kappa shape index (κ1) is 29.3. The van der Waals surface area contributed by atoms with Crippen LogP contribution in [0, 0.1) is 5.82 Å². The van der Waals surface area contributed by atoms with Gasteiger partial charge in [-0.1, -0.05) is 31.2 Å². The molecule has 0 saturated heterocycles. The fourth-order valence-corrected chi connectivity index (χ4v) is 4.71. The largest absolute Gasteiger partial charge is 0.350 e. The minimum Gasteiger partial charge on any atom is -0.350 e. The van der Waals surface area contributed by atoms with Crippen LogP contribution in [0.3, 0.4) is 0 Å². The summed E-state index contributed by atoms with van der Waals surface area (Å²) in [6.45, 7) is 9.51. The quantitative estimate of drug-likeness (QED) is 0.481. The Labute approximate surface area is 214 Å². The van der Waals surface area contributed by atoms with Gasteiger partial charge in [-0.25, -0.2) is 12.8 Å². The molecule has 0 aliphatic carbocycles. The highest BCUT2D eigenvalue weighted by Gasteiger charge is 2.28. The van der Waals surface area contributed by atoms with Gasteiger partial charge in [-0.15, -0.1) is 0 Å². The van der Waals surface area contributed by atoms with E-state index in [4.69, 9.17) is 0 Å². The molecule has 2 aromatic rings. The van der Waals surface area contributed by atoms with Gasteiger partial charge in [0.1, 0.15) is 11.9 Å². The molecule has 1 N–H and O–H groups in total. The highest BCUT2D eigenvalue weighted by Crippen LogP contribution is 2.20. The SMILES string of the molecule is CCc1ccc(N(CCCC(=O)N(Cc2ccc(F)cc2)[C@H](C)C(=O)NC(C)(C)C)S(C)(=O)=O)cc1. The number of halogens is 1. The lowest BCUT2D eigenvalue weighted by molar-refractivity contribution is -0.141. The summed E-state index contributed by atoms with van der Waals surface area (Å²) in [6, 6.07) is 12.3. The Kier molecular flexibility index (Phi) is 10.0. The normalized spacial score (nSPS) is 12.6. The maximum Gasteiger partial charge on any atom is 0.242 e. The molecule has 0 radical (unpaired) electrons. The minimum atomic E-state index is -3.55. The standard InChI is InChI=1S/C27H38FN3O4S/c1-7-21-12-16-24(17-13-21)31(36(6,34)35)18-8-9-25(32)30(19-22-10-14-23(28)15-11-22)20(2)26(33)29-27(3,4)5/h10-17,20H,7-9,18-19H2,1-6H3,(H,29,33)/t20-/m1/s1. The number of sulfonamides is 1. The van der Waals surface area contributed by atoms with E-state index in [0.717, 1.165) is 18.2 Å². The molecular formula is C27H38FN3O4S. The van der Waals surface area contributed by atoms with Crippen molar-refractivity contribution in [2.45, 2.75) is 72.0 Å². The van der Waals surface area contributed by atoms with Crippen LogP contribution in [0.1, 0.15) is 58.6 Å². The molecule has 7 nitrogen and oxygen atoms in total. The first-order chi connectivity index (χ1) is 16.7. The topological polar surface area (TPSA) is 86.8 Å². The number of hydrogen-bond donors (Lipinski definition) is 1. The number of carbonyl (C=O) groups is 2. The van der Waals surface area contributed by atoms with Crippen molar-refractivity contribution in [1.29, 1.82) is 0 Å². The predicted octanol–water partition coefficient (Wildman–Crippen LogP) is 4.27. The second-order valence-electron chi connectivity index (χ2n) is 10.0. The third-order valence-corrected chi connectivity index (χ3v) is 6.91. The Hall–Kier alpha value is -2.94. The van der Waals surface area contributed by atoms with E-state index in [-0.39, 0.29) is 43.6 Å². The summed E-state index contributed by atoms with van der Waals surface area (Å²) in [5, 5.41) is 2.89. The van der Waals surface area contributed by atoms with E-state index in [1.807, 2.05) is 39.8 Å². The molecule has 0 aromatic heterocycles. The fraction of sp³-hybridized carbons (Fsp3) is 0.481. The van der Waals surface area contributed by atoms with Crippen molar-refractivity contribution < 1.29 is 22.4 Å². The van der Waals surface area contributed by atoms with Crippen molar-refractivity contribution >= 4 is 27.5 Å². The molecule has 0 bridgehead atoms. The van der Waals surface area contributed by atoms with Crippen LogP contribution in [-0.2, 0) is 32.6 Å². The average molecular weight is 520 g/mol. The molecular weight excluding hydrogens is 481 g/mol. The van der Waals surface area contributed by atoms with Gasteiger partial charge in [0.05, 0.1) is 11.9 Å². The monoisotopic (exact) mass is 519 g/mol. The molecule has 0 unspecified atom stereocenters. The van der Waals surface area contributed by atoms with E-state index in [1.54, 1.807) is 31.2 Å². The summed E-state index contributed by atoms with van der Waals surface area (Å²) in [6.07, 6.45) is 2.31. The molecule has 0 spiro atoms. The van der Waals surface area contributed by atoms with Crippen molar-refractivity contribution in [2.75, 3.05) is 17.1 Å². The van der Waals surface area contributed by atoms with Gasteiger partial charge in [0.15, 0.2) is 0 Å². The number of rotatable bonds is 11. The Morgan fingerprint density at radius 3 is 2.06 bits per heavy atom. The van der Waals surface area contributed by atoms with Crippen molar-refractivity contribution in [3.05, 3.63) is 65.5 Å². The zero-order valence-electron chi connectivity index (χ0n) is 22.0. The van der Waals surface area contributed by atoms with Gasteiger partial charge >= 0.3 is 0 Å². The summed E-state index contributed by atoms with van der Waals surface area (Å²) >= 11 is 0. The molecule has 0 aliphatic rings. The number of nitrogens with one attached hydrogen (secondary N) is 1. The van der Waals surface area contributed by atoms with Gasteiger partial charge in [-0.2, -0.15) is 0 Å². The van der Waals surface area contributed by atoms with Crippen LogP contribution >= 0.6 is 0 Å². The Morgan fingerprint density at radius 1 is 1.00 bits per heavy atom. The van der Waals surface area contributed by atoms with Crippen molar-refractivity contribution in [3.8, 4) is 0 Å². The van der Waals surface area contributed by atoms with Gasteiger partial charge in [-0.05, 0) is 75.9 Å². The molecule has 2 rings (SSSR count). The van der Waals surface area contributed by atoms with Crippen LogP contribution in [0.5, 0.6) is 0 Å². The van der Waals surface area contributed by atoms with Crippen molar-refractivity contribution in [3.63, 3.8) is 0 Å². The molecule has 0 aliphatic heterocycles. The lowest BCUT2D eigenvalue weighted by atomic mass is 10.1. The fourth-order valence-electron chi connectivity index (χ4n) is 3.74.